The zero-order chi connectivity index (χ0) is 19.2. The molecule has 0 aromatic heterocycles. The molecule has 8 nitrogen and oxygen atoms in total. The van der Waals surface area contributed by atoms with Gasteiger partial charge in [-0.25, -0.2) is 13.2 Å². The molecule has 0 aliphatic carbocycles. The Balaban J connectivity index is 1.91. The van der Waals surface area contributed by atoms with Crippen LogP contribution in [0.3, 0.4) is 0 Å². The van der Waals surface area contributed by atoms with Crippen molar-refractivity contribution in [2.24, 2.45) is 5.92 Å². The molecule has 1 aromatic carbocycles. The Morgan fingerprint density at radius 2 is 1.85 bits per heavy atom. The molecule has 144 valence electrons. The molecule has 0 radical (unpaired) electrons. The van der Waals surface area contributed by atoms with E-state index in [0.29, 0.717) is 32.6 Å². The molecule has 2 N–H and O–H groups in total. The van der Waals surface area contributed by atoms with Crippen LogP contribution in [0.1, 0.15) is 30.1 Å². The predicted molar refractivity (Wildman–Crippen MR) is 94.4 cm³/mol. The van der Waals surface area contributed by atoms with Crippen LogP contribution in [-0.2, 0) is 19.6 Å². The van der Waals surface area contributed by atoms with E-state index in [4.69, 9.17) is 9.84 Å². The average Bonchev–Trinajstić information content (AvgIpc) is 2.65. The molecular formula is C17H24N2O6S. The number of carboxylic acid groups (broad SMARTS) is 1. The van der Waals surface area contributed by atoms with E-state index in [-0.39, 0.29) is 35.4 Å². The molecule has 0 saturated carbocycles. The van der Waals surface area contributed by atoms with Gasteiger partial charge in [0.1, 0.15) is 0 Å². The Morgan fingerprint density at radius 3 is 2.38 bits per heavy atom. The van der Waals surface area contributed by atoms with Crippen molar-refractivity contribution in [1.29, 1.82) is 0 Å². The number of nitrogens with zero attached hydrogens (tertiary/aromatic N) is 1. The highest BCUT2D eigenvalue weighted by Gasteiger charge is 2.32. The monoisotopic (exact) mass is 384 g/mol. The van der Waals surface area contributed by atoms with Crippen LogP contribution in [0.15, 0.2) is 29.2 Å². The van der Waals surface area contributed by atoms with Gasteiger partial charge in [0.2, 0.25) is 15.9 Å². The minimum absolute atomic E-state index is 0.0337. The summed E-state index contributed by atoms with van der Waals surface area (Å²) < 4.78 is 31.8. The molecule has 2 rings (SSSR count). The van der Waals surface area contributed by atoms with Crippen LogP contribution >= 0.6 is 0 Å². The van der Waals surface area contributed by atoms with Gasteiger partial charge in [0.15, 0.2) is 0 Å². The van der Waals surface area contributed by atoms with Crippen LogP contribution in [0.5, 0.6) is 0 Å². The van der Waals surface area contributed by atoms with Gasteiger partial charge in [-0.05, 0) is 44.0 Å². The molecule has 0 atom stereocenters. The molecular weight excluding hydrogens is 360 g/mol. The van der Waals surface area contributed by atoms with Gasteiger partial charge in [0, 0.05) is 32.2 Å². The number of rotatable bonds is 8. The van der Waals surface area contributed by atoms with E-state index in [2.05, 4.69) is 5.32 Å². The number of benzene rings is 1. The molecule has 26 heavy (non-hydrogen) atoms. The van der Waals surface area contributed by atoms with Gasteiger partial charge in [-0.1, -0.05) is 0 Å². The molecule has 1 amide bonds. The number of carboxylic acids is 1. The number of hydrogen-bond acceptors (Lipinski definition) is 5. The summed E-state index contributed by atoms with van der Waals surface area (Å²) in [5.41, 5.74) is 0.0337. The maximum absolute atomic E-state index is 12.7. The fourth-order valence-electron chi connectivity index (χ4n) is 2.81. The number of sulfonamides is 1. The first-order valence-corrected chi connectivity index (χ1v) is 9.99. The number of nitrogens with one attached hydrogen (secondary N) is 1. The fraction of sp³-hybridized carbons (Fsp3) is 0.529. The summed E-state index contributed by atoms with van der Waals surface area (Å²) in [4.78, 5) is 23.0. The normalized spacial score (nSPS) is 16.3. The largest absolute Gasteiger partial charge is 0.478 e. The number of carbonyl (C=O) groups excluding carboxylic acids is 1. The van der Waals surface area contributed by atoms with Crippen LogP contribution in [-0.4, -0.2) is 62.6 Å². The van der Waals surface area contributed by atoms with Gasteiger partial charge in [-0.15, -0.1) is 0 Å². The third-order valence-corrected chi connectivity index (χ3v) is 6.23. The maximum atomic E-state index is 12.7. The smallest absolute Gasteiger partial charge is 0.335 e. The molecule has 1 fully saturated rings. The Labute approximate surface area is 153 Å². The highest BCUT2D eigenvalue weighted by Crippen LogP contribution is 2.24. The van der Waals surface area contributed by atoms with E-state index in [1.54, 1.807) is 0 Å². The SMILES string of the molecule is CCOCCNC(=O)C1CCN(S(=O)(=O)c2ccc(C(=O)O)cc2)CC1. The van der Waals surface area contributed by atoms with Crippen molar-refractivity contribution in [2.75, 3.05) is 32.8 Å². The van der Waals surface area contributed by atoms with Crippen LogP contribution in [0.4, 0.5) is 0 Å². The first-order valence-electron chi connectivity index (χ1n) is 8.55. The first-order chi connectivity index (χ1) is 12.4. The second-order valence-electron chi connectivity index (χ2n) is 6.00. The standard InChI is InChI=1S/C17H24N2O6S/c1-2-25-12-9-18-16(20)13-7-10-19(11-8-13)26(23,24)15-5-3-14(4-6-15)17(21)22/h3-6,13H,2,7-12H2,1H3,(H,18,20)(H,21,22). The molecule has 0 bridgehead atoms. The lowest BCUT2D eigenvalue weighted by Gasteiger charge is -2.30. The number of ether oxygens (including phenoxy) is 1. The summed E-state index contributed by atoms with van der Waals surface area (Å²) in [6, 6.07) is 5.14. The second kappa shape index (κ2) is 9.11. The number of hydrogen-bond donors (Lipinski definition) is 2. The molecule has 0 spiro atoms. The zero-order valence-corrected chi connectivity index (χ0v) is 15.5. The third kappa shape index (κ3) is 5.03. The number of aromatic carboxylic acids is 1. The molecule has 1 heterocycles. The maximum Gasteiger partial charge on any atom is 0.335 e. The van der Waals surface area contributed by atoms with Crippen LogP contribution in [0, 0.1) is 5.92 Å². The lowest BCUT2D eigenvalue weighted by molar-refractivity contribution is -0.126. The van der Waals surface area contributed by atoms with Crippen LogP contribution < -0.4 is 5.32 Å². The number of carbonyl (C=O) groups is 2. The third-order valence-electron chi connectivity index (χ3n) is 4.31. The number of piperidine rings is 1. The highest BCUT2D eigenvalue weighted by molar-refractivity contribution is 7.89. The zero-order valence-electron chi connectivity index (χ0n) is 14.7. The molecule has 0 unspecified atom stereocenters. The fourth-order valence-corrected chi connectivity index (χ4v) is 4.28. The lowest BCUT2D eigenvalue weighted by Crippen LogP contribution is -2.43. The quantitative estimate of drug-likeness (QED) is 0.645. The van der Waals surface area contributed by atoms with Gasteiger partial charge < -0.3 is 15.2 Å². The van der Waals surface area contributed by atoms with E-state index >= 15 is 0 Å². The minimum atomic E-state index is -3.69. The van der Waals surface area contributed by atoms with E-state index in [9.17, 15) is 18.0 Å². The van der Waals surface area contributed by atoms with Gasteiger partial charge in [-0.2, -0.15) is 4.31 Å². The summed E-state index contributed by atoms with van der Waals surface area (Å²) in [5.74, 6) is -1.39. The van der Waals surface area contributed by atoms with Crippen molar-refractivity contribution >= 4 is 21.9 Å². The van der Waals surface area contributed by atoms with E-state index in [1.165, 1.54) is 28.6 Å². The summed E-state index contributed by atoms with van der Waals surface area (Å²) in [6.45, 7) is 3.90. The van der Waals surface area contributed by atoms with Crippen molar-refractivity contribution in [1.82, 2.24) is 9.62 Å². The van der Waals surface area contributed by atoms with Crippen molar-refractivity contribution < 1.29 is 27.9 Å². The Bertz CT molecular complexity index is 724. The topological polar surface area (TPSA) is 113 Å². The van der Waals surface area contributed by atoms with Gasteiger partial charge in [0.05, 0.1) is 17.1 Å². The Hall–Kier alpha value is -1.97. The number of amides is 1. The van der Waals surface area contributed by atoms with Gasteiger partial charge in [0.25, 0.3) is 0 Å². The molecule has 1 aliphatic rings. The Kier molecular flexibility index (Phi) is 7.13. The van der Waals surface area contributed by atoms with Crippen LogP contribution in [0.25, 0.3) is 0 Å². The predicted octanol–water partition coefficient (Wildman–Crippen LogP) is 0.938. The minimum Gasteiger partial charge on any atom is -0.478 e. The molecule has 1 saturated heterocycles. The summed E-state index contributed by atoms with van der Waals surface area (Å²) >= 11 is 0. The molecule has 9 heteroatoms. The van der Waals surface area contributed by atoms with E-state index in [1.807, 2.05) is 6.92 Å². The van der Waals surface area contributed by atoms with Gasteiger partial charge >= 0.3 is 5.97 Å². The Morgan fingerprint density at radius 1 is 1.23 bits per heavy atom. The van der Waals surface area contributed by atoms with Crippen LogP contribution in [0.2, 0.25) is 0 Å². The lowest BCUT2D eigenvalue weighted by atomic mass is 9.97. The highest BCUT2D eigenvalue weighted by atomic mass is 32.2. The first kappa shape index (κ1) is 20.3. The van der Waals surface area contributed by atoms with E-state index in [0.717, 1.165) is 0 Å². The molecule has 1 aliphatic heterocycles. The molecule has 1 aromatic rings. The van der Waals surface area contributed by atoms with Gasteiger partial charge in [-0.3, -0.25) is 4.79 Å². The average molecular weight is 384 g/mol. The van der Waals surface area contributed by atoms with Crippen molar-refractivity contribution in [2.45, 2.75) is 24.7 Å². The van der Waals surface area contributed by atoms with Crippen molar-refractivity contribution in [3.8, 4) is 0 Å². The van der Waals surface area contributed by atoms with Crippen molar-refractivity contribution in [3.63, 3.8) is 0 Å². The van der Waals surface area contributed by atoms with E-state index < -0.39 is 16.0 Å². The summed E-state index contributed by atoms with van der Waals surface area (Å²) in [5, 5.41) is 11.7. The second-order valence-corrected chi connectivity index (χ2v) is 7.93. The summed E-state index contributed by atoms with van der Waals surface area (Å²) in [6.07, 6.45) is 0.903. The summed E-state index contributed by atoms with van der Waals surface area (Å²) in [7, 11) is -3.69. The van der Waals surface area contributed by atoms with Crippen molar-refractivity contribution in [3.05, 3.63) is 29.8 Å².